The maximum absolute atomic E-state index is 4.59. The first-order chi connectivity index (χ1) is 7.87. The van der Waals surface area contributed by atoms with E-state index in [4.69, 9.17) is 0 Å². The van der Waals surface area contributed by atoms with Crippen LogP contribution in [0.3, 0.4) is 0 Å². The van der Waals surface area contributed by atoms with E-state index in [0.29, 0.717) is 10.8 Å². The molecule has 2 heteroatoms. The molecule has 1 nitrogen and oxygen atoms in total. The van der Waals surface area contributed by atoms with Crippen molar-refractivity contribution in [1.29, 1.82) is 0 Å². The van der Waals surface area contributed by atoms with E-state index < -0.39 is 0 Å². The predicted octanol–water partition coefficient (Wildman–Crippen LogP) is 4.09. The van der Waals surface area contributed by atoms with Gasteiger partial charge >= 0.3 is 0 Å². The second kappa shape index (κ2) is 5.97. The highest BCUT2D eigenvalue weighted by atomic mass is 32.1. The summed E-state index contributed by atoms with van der Waals surface area (Å²) in [6, 6.07) is 0. The SMILES string of the molecule is CCC(CC)(CS)CN1CCC(C(C)(C)C)C1. The maximum atomic E-state index is 4.59. The molecule has 0 aromatic heterocycles. The molecule has 0 bridgehead atoms. The molecular formula is C15H31NS. The van der Waals surface area contributed by atoms with Gasteiger partial charge in [-0.25, -0.2) is 0 Å². The van der Waals surface area contributed by atoms with Crippen LogP contribution in [0.1, 0.15) is 53.9 Å². The quantitative estimate of drug-likeness (QED) is 0.726. The van der Waals surface area contributed by atoms with Crippen LogP contribution in [-0.2, 0) is 0 Å². The van der Waals surface area contributed by atoms with Gasteiger partial charge in [-0.15, -0.1) is 0 Å². The van der Waals surface area contributed by atoms with Gasteiger partial charge in [0.1, 0.15) is 0 Å². The standard InChI is InChI=1S/C15H31NS/c1-6-15(7-2,12-17)11-16-9-8-13(10-16)14(3,4)5/h13,17H,6-12H2,1-5H3. The largest absolute Gasteiger partial charge is 0.302 e. The van der Waals surface area contributed by atoms with Gasteiger partial charge in [-0.1, -0.05) is 34.6 Å². The van der Waals surface area contributed by atoms with E-state index in [9.17, 15) is 0 Å². The van der Waals surface area contributed by atoms with Gasteiger partial charge in [0.2, 0.25) is 0 Å². The van der Waals surface area contributed by atoms with Crippen molar-refractivity contribution in [2.45, 2.75) is 53.9 Å². The Morgan fingerprint density at radius 2 is 1.76 bits per heavy atom. The van der Waals surface area contributed by atoms with E-state index in [2.05, 4.69) is 52.1 Å². The monoisotopic (exact) mass is 257 g/mol. The molecule has 1 saturated heterocycles. The molecule has 0 spiro atoms. The summed E-state index contributed by atoms with van der Waals surface area (Å²) in [5.74, 6) is 1.89. The number of rotatable bonds is 5. The summed E-state index contributed by atoms with van der Waals surface area (Å²) in [6.45, 7) is 15.6. The summed E-state index contributed by atoms with van der Waals surface area (Å²) in [6.07, 6.45) is 3.88. The van der Waals surface area contributed by atoms with Crippen LogP contribution in [0.25, 0.3) is 0 Å². The molecule has 1 fully saturated rings. The van der Waals surface area contributed by atoms with Crippen LogP contribution in [0.5, 0.6) is 0 Å². The third kappa shape index (κ3) is 3.89. The van der Waals surface area contributed by atoms with Crippen LogP contribution in [0.15, 0.2) is 0 Å². The van der Waals surface area contributed by atoms with Gasteiger partial charge in [0.05, 0.1) is 0 Å². The fraction of sp³-hybridized carbons (Fsp3) is 1.00. The van der Waals surface area contributed by atoms with E-state index in [0.717, 1.165) is 11.7 Å². The Balaban J connectivity index is 2.55. The summed E-state index contributed by atoms with van der Waals surface area (Å²) in [5, 5.41) is 0. The highest BCUT2D eigenvalue weighted by Crippen LogP contribution is 2.36. The molecule has 0 amide bonds. The summed E-state index contributed by atoms with van der Waals surface area (Å²) in [5.41, 5.74) is 0.909. The average Bonchev–Trinajstić information content (AvgIpc) is 2.74. The smallest absolute Gasteiger partial charge is 0.00457 e. The minimum absolute atomic E-state index is 0.440. The fourth-order valence-corrected chi connectivity index (χ4v) is 3.45. The highest BCUT2D eigenvalue weighted by Gasteiger charge is 2.35. The van der Waals surface area contributed by atoms with Crippen LogP contribution in [0.2, 0.25) is 0 Å². The normalized spacial score (nSPS) is 23.3. The zero-order chi connectivity index (χ0) is 13.1. The van der Waals surface area contributed by atoms with Gasteiger partial charge in [0, 0.05) is 13.1 Å². The molecule has 102 valence electrons. The molecule has 17 heavy (non-hydrogen) atoms. The molecule has 1 unspecified atom stereocenters. The van der Waals surface area contributed by atoms with E-state index >= 15 is 0 Å². The molecule has 0 radical (unpaired) electrons. The molecule has 0 aliphatic carbocycles. The van der Waals surface area contributed by atoms with Crippen molar-refractivity contribution >= 4 is 12.6 Å². The van der Waals surface area contributed by atoms with Crippen LogP contribution < -0.4 is 0 Å². The van der Waals surface area contributed by atoms with Crippen molar-refractivity contribution in [1.82, 2.24) is 4.90 Å². The molecule has 1 aliphatic heterocycles. The molecule has 1 rings (SSSR count). The first-order valence-electron chi connectivity index (χ1n) is 7.20. The topological polar surface area (TPSA) is 3.24 Å². The second-order valence-corrected chi connectivity index (χ2v) is 7.27. The lowest BCUT2D eigenvalue weighted by molar-refractivity contribution is 0.163. The number of likely N-dealkylation sites (tertiary alicyclic amines) is 1. The molecule has 0 aromatic rings. The Labute approximate surface area is 114 Å². The van der Waals surface area contributed by atoms with Crippen LogP contribution >= 0.6 is 12.6 Å². The predicted molar refractivity (Wildman–Crippen MR) is 80.9 cm³/mol. The van der Waals surface area contributed by atoms with Crippen molar-refractivity contribution in [2.75, 3.05) is 25.4 Å². The lowest BCUT2D eigenvalue weighted by Crippen LogP contribution is -2.38. The van der Waals surface area contributed by atoms with Gasteiger partial charge in [-0.3, -0.25) is 0 Å². The Kier molecular flexibility index (Phi) is 5.39. The first kappa shape index (κ1) is 15.4. The Morgan fingerprint density at radius 3 is 2.12 bits per heavy atom. The molecule has 1 heterocycles. The number of thiol groups is 1. The second-order valence-electron chi connectivity index (χ2n) is 6.95. The van der Waals surface area contributed by atoms with Crippen molar-refractivity contribution in [3.63, 3.8) is 0 Å². The van der Waals surface area contributed by atoms with Gasteiger partial charge in [0.25, 0.3) is 0 Å². The van der Waals surface area contributed by atoms with Crippen LogP contribution in [0.4, 0.5) is 0 Å². The minimum Gasteiger partial charge on any atom is -0.302 e. The Morgan fingerprint density at radius 1 is 1.18 bits per heavy atom. The van der Waals surface area contributed by atoms with Gasteiger partial charge in [-0.2, -0.15) is 12.6 Å². The summed E-state index contributed by atoms with van der Waals surface area (Å²) >= 11 is 4.59. The van der Waals surface area contributed by atoms with Crippen molar-refractivity contribution in [3.8, 4) is 0 Å². The van der Waals surface area contributed by atoms with E-state index in [1.54, 1.807) is 0 Å². The van der Waals surface area contributed by atoms with Crippen molar-refractivity contribution < 1.29 is 0 Å². The Hall–Kier alpha value is 0.310. The van der Waals surface area contributed by atoms with Crippen LogP contribution in [-0.4, -0.2) is 30.3 Å². The number of nitrogens with zero attached hydrogens (tertiary/aromatic N) is 1. The van der Waals surface area contributed by atoms with Gasteiger partial charge in [-0.05, 0) is 48.3 Å². The lowest BCUT2D eigenvalue weighted by Gasteiger charge is -2.35. The lowest BCUT2D eigenvalue weighted by atomic mass is 9.80. The van der Waals surface area contributed by atoms with Crippen molar-refractivity contribution in [2.24, 2.45) is 16.7 Å². The van der Waals surface area contributed by atoms with E-state index in [-0.39, 0.29) is 0 Å². The summed E-state index contributed by atoms with van der Waals surface area (Å²) in [4.78, 5) is 2.68. The minimum atomic E-state index is 0.440. The molecular weight excluding hydrogens is 226 g/mol. The van der Waals surface area contributed by atoms with E-state index in [1.807, 2.05) is 0 Å². The third-order valence-corrected chi connectivity index (χ3v) is 5.56. The molecule has 1 aliphatic rings. The fourth-order valence-electron chi connectivity index (χ4n) is 2.90. The number of hydrogen-bond acceptors (Lipinski definition) is 2. The number of hydrogen-bond donors (Lipinski definition) is 1. The molecule has 0 aromatic carbocycles. The van der Waals surface area contributed by atoms with Gasteiger partial charge in [0.15, 0.2) is 0 Å². The molecule has 1 atom stereocenters. The Bertz CT molecular complexity index is 219. The third-order valence-electron chi connectivity index (χ3n) is 4.89. The first-order valence-corrected chi connectivity index (χ1v) is 7.83. The molecule has 0 saturated carbocycles. The maximum Gasteiger partial charge on any atom is 0.00457 e. The van der Waals surface area contributed by atoms with Gasteiger partial charge < -0.3 is 4.90 Å². The highest BCUT2D eigenvalue weighted by molar-refractivity contribution is 7.80. The van der Waals surface area contributed by atoms with Crippen molar-refractivity contribution in [3.05, 3.63) is 0 Å². The zero-order valence-electron chi connectivity index (χ0n) is 12.4. The van der Waals surface area contributed by atoms with Crippen LogP contribution in [0, 0.1) is 16.7 Å². The summed E-state index contributed by atoms with van der Waals surface area (Å²) < 4.78 is 0. The average molecular weight is 257 g/mol. The zero-order valence-corrected chi connectivity index (χ0v) is 13.3. The van der Waals surface area contributed by atoms with E-state index in [1.165, 1.54) is 38.9 Å². The summed E-state index contributed by atoms with van der Waals surface area (Å²) in [7, 11) is 0. The molecule has 0 N–H and O–H groups in total.